The number of Topliss-reactive ketones (excluding diaryl/α,β-unsaturated/α-hetero) is 1. The first-order chi connectivity index (χ1) is 11.9. The molecule has 5 nitrogen and oxygen atoms in total. The summed E-state index contributed by atoms with van der Waals surface area (Å²) >= 11 is 0. The van der Waals surface area contributed by atoms with Crippen LogP contribution in [-0.4, -0.2) is 23.6 Å². The van der Waals surface area contributed by atoms with Crippen LogP contribution in [0.4, 0.5) is 5.69 Å². The number of nitrogens with one attached hydrogen (secondary N) is 2. The summed E-state index contributed by atoms with van der Waals surface area (Å²) in [4.78, 5) is 36.4. The molecule has 0 fully saturated rings. The largest absolute Gasteiger partial charge is 0.340 e. The molecule has 0 saturated carbocycles. The van der Waals surface area contributed by atoms with Crippen molar-refractivity contribution in [3.05, 3.63) is 65.7 Å². The van der Waals surface area contributed by atoms with Gasteiger partial charge in [0.2, 0.25) is 5.91 Å². The predicted molar refractivity (Wildman–Crippen MR) is 97.6 cm³/mol. The highest BCUT2D eigenvalue weighted by Gasteiger charge is 2.24. The maximum atomic E-state index is 12.6. The zero-order chi connectivity index (χ0) is 18.4. The van der Waals surface area contributed by atoms with Gasteiger partial charge in [-0.2, -0.15) is 0 Å². The predicted octanol–water partition coefficient (Wildman–Crippen LogP) is 3.28. The van der Waals surface area contributed by atoms with E-state index in [2.05, 4.69) is 10.6 Å². The summed E-state index contributed by atoms with van der Waals surface area (Å²) in [7, 11) is 0. The van der Waals surface area contributed by atoms with Crippen molar-refractivity contribution in [1.82, 2.24) is 5.32 Å². The van der Waals surface area contributed by atoms with E-state index >= 15 is 0 Å². The lowest BCUT2D eigenvalue weighted by Crippen LogP contribution is -2.47. The van der Waals surface area contributed by atoms with E-state index in [1.54, 1.807) is 48.5 Å². The van der Waals surface area contributed by atoms with Gasteiger partial charge in [0.05, 0.1) is 0 Å². The van der Waals surface area contributed by atoms with E-state index in [9.17, 15) is 14.4 Å². The summed E-state index contributed by atoms with van der Waals surface area (Å²) in [5.74, 6) is -0.788. The van der Waals surface area contributed by atoms with Gasteiger partial charge in [0, 0.05) is 16.8 Å². The van der Waals surface area contributed by atoms with Crippen molar-refractivity contribution in [3.63, 3.8) is 0 Å². The quantitative estimate of drug-likeness (QED) is 0.794. The summed E-state index contributed by atoms with van der Waals surface area (Å²) in [6, 6.07) is 14.8. The summed E-state index contributed by atoms with van der Waals surface area (Å²) in [6.07, 6.45) is 0. The second kappa shape index (κ2) is 8.24. The minimum atomic E-state index is -0.686. The summed E-state index contributed by atoms with van der Waals surface area (Å²) in [6.45, 7) is 5.20. The van der Waals surface area contributed by atoms with Crippen molar-refractivity contribution in [3.8, 4) is 0 Å². The van der Waals surface area contributed by atoms with Crippen LogP contribution in [0.5, 0.6) is 0 Å². The molecule has 25 heavy (non-hydrogen) atoms. The van der Waals surface area contributed by atoms with Gasteiger partial charge in [0.15, 0.2) is 5.78 Å². The molecule has 0 bridgehead atoms. The van der Waals surface area contributed by atoms with Crippen LogP contribution in [-0.2, 0) is 4.79 Å². The maximum absolute atomic E-state index is 12.6. The number of amides is 2. The van der Waals surface area contributed by atoms with Gasteiger partial charge in [0.25, 0.3) is 5.91 Å². The van der Waals surface area contributed by atoms with E-state index in [0.717, 1.165) is 0 Å². The lowest BCUT2D eigenvalue weighted by atomic mass is 10.0. The molecule has 0 aromatic heterocycles. The maximum Gasteiger partial charge on any atom is 0.251 e. The van der Waals surface area contributed by atoms with E-state index < -0.39 is 6.04 Å². The number of rotatable bonds is 6. The molecule has 0 unspecified atom stereocenters. The molecule has 0 spiro atoms. The highest BCUT2D eigenvalue weighted by Crippen LogP contribution is 2.13. The third kappa shape index (κ3) is 5.01. The van der Waals surface area contributed by atoms with E-state index in [4.69, 9.17) is 0 Å². The fraction of sp³-hybridized carbons (Fsp3) is 0.250. The monoisotopic (exact) mass is 338 g/mol. The average Bonchev–Trinajstić information content (AvgIpc) is 2.60. The van der Waals surface area contributed by atoms with Gasteiger partial charge in [-0.05, 0) is 37.1 Å². The summed E-state index contributed by atoms with van der Waals surface area (Å²) in [5.41, 5.74) is 1.55. The van der Waals surface area contributed by atoms with Gasteiger partial charge in [-0.1, -0.05) is 44.2 Å². The molecule has 0 radical (unpaired) electrons. The Bertz CT molecular complexity index is 770. The average molecular weight is 338 g/mol. The number of benzene rings is 2. The Balaban J connectivity index is 2.11. The van der Waals surface area contributed by atoms with Gasteiger partial charge in [-0.15, -0.1) is 0 Å². The number of hydrogen-bond acceptors (Lipinski definition) is 3. The third-order valence-electron chi connectivity index (χ3n) is 3.81. The molecule has 0 heterocycles. The fourth-order valence-corrected chi connectivity index (χ4v) is 2.39. The first-order valence-corrected chi connectivity index (χ1v) is 8.16. The van der Waals surface area contributed by atoms with Crippen LogP contribution in [0.2, 0.25) is 0 Å². The van der Waals surface area contributed by atoms with Crippen LogP contribution in [0.3, 0.4) is 0 Å². The Hall–Kier alpha value is -2.95. The fourth-order valence-electron chi connectivity index (χ4n) is 2.39. The second-order valence-corrected chi connectivity index (χ2v) is 6.19. The molecular weight excluding hydrogens is 316 g/mol. The van der Waals surface area contributed by atoms with Gasteiger partial charge in [-0.25, -0.2) is 0 Å². The molecule has 0 aliphatic heterocycles. The zero-order valence-electron chi connectivity index (χ0n) is 14.6. The zero-order valence-corrected chi connectivity index (χ0v) is 14.6. The Kier molecular flexibility index (Phi) is 6.06. The number of carbonyl (C=O) groups is 3. The van der Waals surface area contributed by atoms with E-state index in [1.165, 1.54) is 6.92 Å². The van der Waals surface area contributed by atoms with Crippen LogP contribution in [0.25, 0.3) is 0 Å². The van der Waals surface area contributed by atoms with Crippen molar-refractivity contribution >= 4 is 23.3 Å². The lowest BCUT2D eigenvalue weighted by Gasteiger charge is -2.22. The number of anilines is 1. The molecule has 2 aromatic carbocycles. The molecule has 2 rings (SSSR count). The van der Waals surface area contributed by atoms with E-state index in [0.29, 0.717) is 16.8 Å². The van der Waals surface area contributed by atoms with Crippen molar-refractivity contribution in [2.45, 2.75) is 26.8 Å². The molecule has 130 valence electrons. The Labute approximate surface area is 147 Å². The van der Waals surface area contributed by atoms with Gasteiger partial charge in [-0.3, -0.25) is 14.4 Å². The van der Waals surface area contributed by atoms with Crippen LogP contribution >= 0.6 is 0 Å². The van der Waals surface area contributed by atoms with Crippen LogP contribution in [0.15, 0.2) is 54.6 Å². The SMILES string of the molecule is CC(=O)c1cccc(NC(=O)[C@H](NC(=O)c2ccccc2)C(C)C)c1. The highest BCUT2D eigenvalue weighted by atomic mass is 16.2. The molecule has 2 aromatic rings. The second-order valence-electron chi connectivity index (χ2n) is 6.19. The molecule has 2 N–H and O–H groups in total. The number of carbonyl (C=O) groups excluding carboxylic acids is 3. The van der Waals surface area contributed by atoms with Crippen molar-refractivity contribution < 1.29 is 14.4 Å². The topological polar surface area (TPSA) is 75.3 Å². The number of hydrogen-bond donors (Lipinski definition) is 2. The van der Waals surface area contributed by atoms with Crippen molar-refractivity contribution in [2.75, 3.05) is 5.32 Å². The Morgan fingerprint density at radius 2 is 1.52 bits per heavy atom. The molecule has 0 aliphatic rings. The lowest BCUT2D eigenvalue weighted by molar-refractivity contribution is -0.118. The first kappa shape index (κ1) is 18.4. The summed E-state index contributed by atoms with van der Waals surface area (Å²) < 4.78 is 0. The minimum absolute atomic E-state index is 0.0751. The third-order valence-corrected chi connectivity index (χ3v) is 3.81. The minimum Gasteiger partial charge on any atom is -0.340 e. The molecular formula is C20H22N2O3. The van der Waals surface area contributed by atoms with E-state index in [-0.39, 0.29) is 23.5 Å². The Morgan fingerprint density at radius 3 is 2.12 bits per heavy atom. The number of ketones is 1. The Morgan fingerprint density at radius 1 is 0.880 bits per heavy atom. The summed E-state index contributed by atoms with van der Waals surface area (Å²) in [5, 5.41) is 5.54. The van der Waals surface area contributed by atoms with Crippen LogP contribution in [0, 0.1) is 5.92 Å². The molecule has 0 saturated heterocycles. The van der Waals surface area contributed by atoms with Gasteiger partial charge >= 0.3 is 0 Å². The van der Waals surface area contributed by atoms with Crippen molar-refractivity contribution in [1.29, 1.82) is 0 Å². The van der Waals surface area contributed by atoms with Crippen LogP contribution in [0.1, 0.15) is 41.5 Å². The standard InChI is InChI=1S/C20H22N2O3/c1-13(2)18(22-19(24)15-8-5-4-6-9-15)20(25)21-17-11-7-10-16(12-17)14(3)23/h4-13,18H,1-3H3,(H,21,25)(H,22,24)/t18-/m1/s1. The highest BCUT2D eigenvalue weighted by molar-refractivity contribution is 6.02. The van der Waals surface area contributed by atoms with Gasteiger partial charge in [0.1, 0.15) is 6.04 Å². The van der Waals surface area contributed by atoms with Crippen LogP contribution < -0.4 is 10.6 Å². The molecule has 5 heteroatoms. The van der Waals surface area contributed by atoms with Crippen molar-refractivity contribution in [2.24, 2.45) is 5.92 Å². The molecule has 2 amide bonds. The first-order valence-electron chi connectivity index (χ1n) is 8.16. The molecule has 1 atom stereocenters. The van der Waals surface area contributed by atoms with Gasteiger partial charge < -0.3 is 10.6 Å². The normalized spacial score (nSPS) is 11.7. The van der Waals surface area contributed by atoms with E-state index in [1.807, 2.05) is 19.9 Å². The smallest absolute Gasteiger partial charge is 0.251 e. The molecule has 0 aliphatic carbocycles.